The second-order valence-electron chi connectivity index (χ2n) is 3.43. The smallest absolute Gasteiger partial charge is 0.0219 e. The van der Waals surface area contributed by atoms with Crippen molar-refractivity contribution in [2.75, 3.05) is 6.16 Å². The summed E-state index contributed by atoms with van der Waals surface area (Å²) in [5.74, 6) is 0.648. The van der Waals surface area contributed by atoms with Crippen molar-refractivity contribution in [3.8, 4) is 0 Å². The molecule has 0 saturated carbocycles. The van der Waals surface area contributed by atoms with E-state index in [1.165, 1.54) is 17.5 Å². The Morgan fingerprint density at radius 3 is 2.17 bits per heavy atom. The number of aryl methyl sites for hydroxylation is 1. The lowest BCUT2D eigenvalue weighted by atomic mass is 10.0. The van der Waals surface area contributed by atoms with E-state index in [2.05, 4.69) is 47.4 Å². The van der Waals surface area contributed by atoms with Crippen molar-refractivity contribution >= 4 is 9.24 Å². The molecule has 1 aromatic carbocycles. The van der Waals surface area contributed by atoms with Crippen LogP contribution >= 0.6 is 9.24 Å². The predicted octanol–water partition coefficient (Wildman–Crippen LogP) is 3.23. The molecule has 0 bridgehead atoms. The second kappa shape index (κ2) is 4.62. The van der Waals surface area contributed by atoms with Crippen LogP contribution in [0.3, 0.4) is 0 Å². The van der Waals surface area contributed by atoms with E-state index in [0.29, 0.717) is 5.92 Å². The quantitative estimate of drug-likeness (QED) is 0.626. The maximum Gasteiger partial charge on any atom is -0.0219 e. The van der Waals surface area contributed by atoms with E-state index in [1.807, 2.05) is 0 Å². The highest BCUT2D eigenvalue weighted by atomic mass is 31.0. The molecule has 0 saturated heterocycles. The fourth-order valence-corrected chi connectivity index (χ4v) is 1.57. The summed E-state index contributed by atoms with van der Waals surface area (Å²) in [5.41, 5.74) is 2.87. The van der Waals surface area contributed by atoms with Gasteiger partial charge >= 0.3 is 0 Å². The van der Waals surface area contributed by atoms with Crippen LogP contribution in [0.4, 0.5) is 0 Å². The first kappa shape index (κ1) is 9.74. The first-order valence-electron chi connectivity index (χ1n) is 4.53. The van der Waals surface area contributed by atoms with Gasteiger partial charge in [-0.3, -0.25) is 0 Å². The summed E-state index contributed by atoms with van der Waals surface area (Å²) in [4.78, 5) is 0. The van der Waals surface area contributed by atoms with Crippen LogP contribution in [0.5, 0.6) is 0 Å². The predicted molar refractivity (Wildman–Crippen MR) is 58.8 cm³/mol. The third-order valence-electron chi connectivity index (χ3n) is 2.08. The van der Waals surface area contributed by atoms with Gasteiger partial charge in [0.1, 0.15) is 0 Å². The number of hydrogen-bond donors (Lipinski definition) is 0. The summed E-state index contributed by atoms with van der Waals surface area (Å²) in [5, 5.41) is 0. The van der Waals surface area contributed by atoms with Gasteiger partial charge in [-0.25, -0.2) is 0 Å². The Morgan fingerprint density at radius 2 is 1.75 bits per heavy atom. The molecule has 1 heteroatoms. The third-order valence-corrected chi connectivity index (χ3v) is 2.37. The zero-order chi connectivity index (χ0) is 8.97. The molecule has 0 fully saturated rings. The molecule has 0 heterocycles. The van der Waals surface area contributed by atoms with Crippen LogP contribution in [0.2, 0.25) is 0 Å². The van der Waals surface area contributed by atoms with Gasteiger partial charge in [-0.2, -0.15) is 0 Å². The Hall–Kier alpha value is -0.350. The first-order valence-corrected chi connectivity index (χ1v) is 5.34. The molecular weight excluding hydrogens is 163 g/mol. The average molecular weight is 180 g/mol. The largest absolute Gasteiger partial charge is 0.137 e. The highest BCUT2D eigenvalue weighted by molar-refractivity contribution is 7.16. The molecule has 0 aliphatic heterocycles. The molecule has 1 atom stereocenters. The van der Waals surface area contributed by atoms with Gasteiger partial charge < -0.3 is 0 Å². The number of rotatable bonds is 3. The van der Waals surface area contributed by atoms with Crippen molar-refractivity contribution < 1.29 is 0 Å². The van der Waals surface area contributed by atoms with Gasteiger partial charge in [0.15, 0.2) is 0 Å². The van der Waals surface area contributed by atoms with E-state index in [4.69, 9.17) is 0 Å². The highest BCUT2D eigenvalue weighted by Gasteiger charge is 1.97. The van der Waals surface area contributed by atoms with Crippen LogP contribution in [0.25, 0.3) is 0 Å². The minimum absolute atomic E-state index is 0.648. The number of benzene rings is 1. The average Bonchev–Trinajstić information content (AvgIpc) is 2.06. The van der Waals surface area contributed by atoms with Crippen LogP contribution < -0.4 is 0 Å². The van der Waals surface area contributed by atoms with Crippen molar-refractivity contribution in [3.05, 3.63) is 35.4 Å². The van der Waals surface area contributed by atoms with Gasteiger partial charge in [-0.15, -0.1) is 9.24 Å². The first-order chi connectivity index (χ1) is 5.74. The van der Waals surface area contributed by atoms with Crippen LogP contribution in [0, 0.1) is 0 Å². The zero-order valence-electron chi connectivity index (χ0n) is 7.88. The third kappa shape index (κ3) is 2.60. The Labute approximate surface area is 77.6 Å². The highest BCUT2D eigenvalue weighted by Crippen LogP contribution is 2.14. The van der Waals surface area contributed by atoms with E-state index < -0.39 is 0 Å². The maximum absolute atomic E-state index is 2.76. The lowest BCUT2D eigenvalue weighted by Crippen LogP contribution is -1.89. The molecule has 0 radical (unpaired) electrons. The summed E-state index contributed by atoms with van der Waals surface area (Å²) in [6.07, 6.45) is 2.32. The minimum atomic E-state index is 0.648. The van der Waals surface area contributed by atoms with Crippen molar-refractivity contribution in [1.29, 1.82) is 0 Å². The Morgan fingerprint density at radius 1 is 1.17 bits per heavy atom. The lowest BCUT2D eigenvalue weighted by molar-refractivity contribution is 0.865. The van der Waals surface area contributed by atoms with Gasteiger partial charge in [-0.1, -0.05) is 38.1 Å². The van der Waals surface area contributed by atoms with Gasteiger partial charge in [-0.05, 0) is 29.6 Å². The van der Waals surface area contributed by atoms with Gasteiger partial charge in [0.25, 0.3) is 0 Å². The molecule has 0 aliphatic carbocycles. The standard InChI is InChI=1S/C11H17P/c1-9(2)11-5-3-10(4-6-11)7-8-12/h3-6,9H,7-8,12H2,1-2H3. The van der Waals surface area contributed by atoms with Crippen LogP contribution in [0.15, 0.2) is 24.3 Å². The van der Waals surface area contributed by atoms with E-state index >= 15 is 0 Å². The van der Waals surface area contributed by atoms with Crippen molar-refractivity contribution in [3.63, 3.8) is 0 Å². The van der Waals surface area contributed by atoms with Crippen molar-refractivity contribution in [2.45, 2.75) is 26.2 Å². The summed E-state index contributed by atoms with van der Waals surface area (Å²) in [7, 11) is 2.76. The number of hydrogen-bond acceptors (Lipinski definition) is 0. The molecule has 0 aliphatic rings. The fourth-order valence-electron chi connectivity index (χ4n) is 1.24. The zero-order valence-corrected chi connectivity index (χ0v) is 9.03. The molecule has 0 amide bonds. The maximum atomic E-state index is 2.76. The van der Waals surface area contributed by atoms with Gasteiger partial charge in [0.05, 0.1) is 0 Å². The van der Waals surface area contributed by atoms with Crippen LogP contribution in [-0.4, -0.2) is 6.16 Å². The van der Waals surface area contributed by atoms with E-state index in [0.717, 1.165) is 6.16 Å². The van der Waals surface area contributed by atoms with E-state index in [-0.39, 0.29) is 0 Å². The molecule has 0 nitrogen and oxygen atoms in total. The molecule has 12 heavy (non-hydrogen) atoms. The van der Waals surface area contributed by atoms with Crippen LogP contribution in [0.1, 0.15) is 30.9 Å². The SMILES string of the molecule is CC(C)c1ccc(CCP)cc1. The van der Waals surface area contributed by atoms with E-state index in [9.17, 15) is 0 Å². The second-order valence-corrected chi connectivity index (χ2v) is 4.01. The summed E-state index contributed by atoms with van der Waals surface area (Å²) < 4.78 is 0. The summed E-state index contributed by atoms with van der Waals surface area (Å²) >= 11 is 0. The molecule has 0 aromatic heterocycles. The van der Waals surface area contributed by atoms with Crippen molar-refractivity contribution in [1.82, 2.24) is 0 Å². The monoisotopic (exact) mass is 180 g/mol. The fraction of sp³-hybridized carbons (Fsp3) is 0.455. The Bertz CT molecular complexity index is 223. The lowest BCUT2D eigenvalue weighted by Gasteiger charge is -2.05. The molecule has 0 spiro atoms. The minimum Gasteiger partial charge on any atom is -0.137 e. The molecule has 1 unspecified atom stereocenters. The molecule has 1 aromatic rings. The molecule has 0 N–H and O–H groups in total. The molecule has 1 rings (SSSR count). The summed E-state index contributed by atoms with van der Waals surface area (Å²) in [6, 6.07) is 8.94. The summed E-state index contributed by atoms with van der Waals surface area (Å²) in [6.45, 7) is 4.45. The van der Waals surface area contributed by atoms with Crippen LogP contribution in [-0.2, 0) is 6.42 Å². The molecular formula is C11H17P. The van der Waals surface area contributed by atoms with Crippen molar-refractivity contribution in [2.24, 2.45) is 0 Å². The Kier molecular flexibility index (Phi) is 3.75. The topological polar surface area (TPSA) is 0 Å². The normalized spacial score (nSPS) is 10.7. The van der Waals surface area contributed by atoms with E-state index in [1.54, 1.807) is 0 Å². The van der Waals surface area contributed by atoms with Gasteiger partial charge in [0.2, 0.25) is 0 Å². The molecule has 66 valence electrons. The van der Waals surface area contributed by atoms with Gasteiger partial charge in [0, 0.05) is 0 Å². The Balaban J connectivity index is 2.71.